The second-order valence-corrected chi connectivity index (χ2v) is 5.65. The fraction of sp³-hybridized carbons (Fsp3) is 0.412. The molecule has 0 spiro atoms. The van der Waals surface area contributed by atoms with E-state index in [0.29, 0.717) is 0 Å². The van der Waals surface area contributed by atoms with Gasteiger partial charge in [-0.15, -0.1) is 0 Å². The van der Waals surface area contributed by atoms with Crippen molar-refractivity contribution in [2.24, 2.45) is 0 Å². The summed E-state index contributed by atoms with van der Waals surface area (Å²) in [6.07, 6.45) is 3.96. The average Bonchev–Trinajstić information content (AvgIpc) is 2.51. The molecule has 4 heteroatoms. The summed E-state index contributed by atoms with van der Waals surface area (Å²) < 4.78 is 5.85. The van der Waals surface area contributed by atoms with E-state index in [9.17, 15) is 0 Å². The molecule has 0 saturated carbocycles. The Morgan fingerprint density at radius 3 is 2.71 bits per heavy atom. The summed E-state index contributed by atoms with van der Waals surface area (Å²) in [5.74, 6) is 0. The lowest BCUT2D eigenvalue weighted by Gasteiger charge is -2.38. The van der Waals surface area contributed by atoms with Gasteiger partial charge in [-0.3, -0.25) is 14.9 Å². The number of benzene rings is 1. The average molecular weight is 283 g/mol. The van der Waals surface area contributed by atoms with Crippen LogP contribution >= 0.6 is 0 Å². The lowest BCUT2D eigenvalue weighted by atomic mass is 10.0. The Balaban J connectivity index is 1.80. The van der Waals surface area contributed by atoms with Crippen molar-refractivity contribution in [3.63, 3.8) is 0 Å². The molecule has 2 aromatic rings. The maximum Gasteiger partial charge on any atom is 0.0727 e. The largest absolute Gasteiger partial charge is 0.375 e. The van der Waals surface area contributed by atoms with Gasteiger partial charge < -0.3 is 4.74 Å². The zero-order chi connectivity index (χ0) is 14.7. The van der Waals surface area contributed by atoms with Gasteiger partial charge in [0, 0.05) is 25.5 Å². The Labute approximate surface area is 125 Å². The minimum Gasteiger partial charge on any atom is -0.375 e. The third kappa shape index (κ3) is 3.46. The Morgan fingerprint density at radius 1 is 1.19 bits per heavy atom. The highest BCUT2D eigenvalue weighted by Crippen LogP contribution is 2.27. The predicted octanol–water partition coefficient (Wildman–Crippen LogP) is 2.75. The van der Waals surface area contributed by atoms with Crippen LogP contribution in [0.5, 0.6) is 0 Å². The number of aromatic nitrogens is 2. The summed E-state index contributed by atoms with van der Waals surface area (Å²) in [6, 6.07) is 10.8. The Bertz CT molecular complexity index is 570. The highest BCUT2D eigenvalue weighted by molar-refractivity contribution is 5.20. The minimum absolute atomic E-state index is 0.253. The summed E-state index contributed by atoms with van der Waals surface area (Å²) in [7, 11) is 0. The summed E-state index contributed by atoms with van der Waals surface area (Å²) in [6.45, 7) is 6.52. The zero-order valence-electron chi connectivity index (χ0n) is 12.6. The smallest absolute Gasteiger partial charge is 0.0727 e. The van der Waals surface area contributed by atoms with E-state index in [1.807, 2.05) is 25.4 Å². The molecule has 0 aliphatic carbocycles. The van der Waals surface area contributed by atoms with Crippen LogP contribution in [0.25, 0.3) is 0 Å². The molecule has 2 atom stereocenters. The normalized spacial score (nSPS) is 23.1. The first-order valence-electron chi connectivity index (χ1n) is 7.40. The van der Waals surface area contributed by atoms with Crippen molar-refractivity contribution in [2.75, 3.05) is 13.2 Å². The van der Waals surface area contributed by atoms with Gasteiger partial charge in [-0.2, -0.15) is 0 Å². The maximum atomic E-state index is 5.85. The topological polar surface area (TPSA) is 38.2 Å². The van der Waals surface area contributed by atoms with Crippen molar-refractivity contribution in [1.29, 1.82) is 0 Å². The van der Waals surface area contributed by atoms with E-state index in [2.05, 4.69) is 46.1 Å². The van der Waals surface area contributed by atoms with Gasteiger partial charge in [-0.05, 0) is 19.4 Å². The molecular weight excluding hydrogens is 262 g/mol. The quantitative estimate of drug-likeness (QED) is 0.868. The molecular formula is C17H21N3O. The molecule has 3 rings (SSSR count). The molecule has 1 saturated heterocycles. The van der Waals surface area contributed by atoms with E-state index < -0.39 is 0 Å². The number of hydrogen-bond donors (Lipinski definition) is 0. The molecule has 110 valence electrons. The van der Waals surface area contributed by atoms with Crippen LogP contribution in [0, 0.1) is 6.92 Å². The van der Waals surface area contributed by atoms with Crippen LogP contribution in [0.4, 0.5) is 0 Å². The number of rotatable bonds is 3. The molecule has 4 nitrogen and oxygen atoms in total. The van der Waals surface area contributed by atoms with Crippen molar-refractivity contribution < 1.29 is 4.74 Å². The maximum absolute atomic E-state index is 5.85. The van der Waals surface area contributed by atoms with Gasteiger partial charge in [-0.25, -0.2) is 0 Å². The SMILES string of the molecule is Cc1cnc(CN2C[C@H](C)OC[C@@H]2c2ccccc2)cn1. The molecule has 0 radical (unpaired) electrons. The third-order valence-electron chi connectivity index (χ3n) is 3.85. The molecule has 21 heavy (non-hydrogen) atoms. The van der Waals surface area contributed by atoms with E-state index in [4.69, 9.17) is 4.74 Å². The van der Waals surface area contributed by atoms with Crippen molar-refractivity contribution >= 4 is 0 Å². The van der Waals surface area contributed by atoms with Crippen LogP contribution in [-0.2, 0) is 11.3 Å². The standard InChI is InChI=1S/C17H21N3O/c1-13-8-19-16(9-18-13)11-20-10-14(2)21-12-17(20)15-6-4-3-5-7-15/h3-9,14,17H,10-12H2,1-2H3/t14-,17+/m0/s1. The molecule has 1 aliphatic heterocycles. The van der Waals surface area contributed by atoms with E-state index >= 15 is 0 Å². The molecule has 1 aromatic heterocycles. The second-order valence-electron chi connectivity index (χ2n) is 5.65. The Kier molecular flexibility index (Phi) is 4.27. The number of aryl methyl sites for hydroxylation is 1. The number of nitrogens with zero attached hydrogens (tertiary/aromatic N) is 3. The molecule has 1 aliphatic rings. The van der Waals surface area contributed by atoms with Crippen LogP contribution in [0.15, 0.2) is 42.7 Å². The fourth-order valence-corrected chi connectivity index (χ4v) is 2.74. The number of ether oxygens (including phenoxy) is 1. The Morgan fingerprint density at radius 2 is 2.00 bits per heavy atom. The van der Waals surface area contributed by atoms with Gasteiger partial charge in [0.15, 0.2) is 0 Å². The minimum atomic E-state index is 0.253. The molecule has 0 amide bonds. The van der Waals surface area contributed by atoms with Crippen molar-refractivity contribution in [3.8, 4) is 0 Å². The fourth-order valence-electron chi connectivity index (χ4n) is 2.74. The molecule has 0 N–H and O–H groups in total. The first-order valence-corrected chi connectivity index (χ1v) is 7.40. The zero-order valence-corrected chi connectivity index (χ0v) is 12.6. The van der Waals surface area contributed by atoms with E-state index in [1.165, 1.54) is 5.56 Å². The van der Waals surface area contributed by atoms with Gasteiger partial charge in [-0.1, -0.05) is 30.3 Å². The van der Waals surface area contributed by atoms with Crippen LogP contribution in [0.3, 0.4) is 0 Å². The van der Waals surface area contributed by atoms with Crippen molar-refractivity contribution in [2.45, 2.75) is 32.5 Å². The van der Waals surface area contributed by atoms with E-state index in [1.54, 1.807) is 0 Å². The summed E-state index contributed by atoms with van der Waals surface area (Å²) >= 11 is 0. The first kappa shape index (κ1) is 14.2. The molecule has 0 unspecified atom stereocenters. The molecule has 2 heterocycles. The van der Waals surface area contributed by atoms with Gasteiger partial charge in [0.05, 0.1) is 30.1 Å². The van der Waals surface area contributed by atoms with Gasteiger partial charge in [0.25, 0.3) is 0 Å². The van der Waals surface area contributed by atoms with Crippen LogP contribution in [0.1, 0.15) is 29.9 Å². The highest BCUT2D eigenvalue weighted by atomic mass is 16.5. The van der Waals surface area contributed by atoms with Crippen LogP contribution < -0.4 is 0 Å². The summed E-state index contributed by atoms with van der Waals surface area (Å²) in [5.41, 5.74) is 3.26. The molecule has 1 fully saturated rings. The van der Waals surface area contributed by atoms with Gasteiger partial charge >= 0.3 is 0 Å². The van der Waals surface area contributed by atoms with Gasteiger partial charge in [0.2, 0.25) is 0 Å². The van der Waals surface area contributed by atoms with E-state index in [0.717, 1.165) is 31.1 Å². The summed E-state index contributed by atoms with van der Waals surface area (Å²) in [4.78, 5) is 11.3. The van der Waals surface area contributed by atoms with Crippen LogP contribution in [0.2, 0.25) is 0 Å². The Hall–Kier alpha value is -1.78. The number of morpholine rings is 1. The van der Waals surface area contributed by atoms with Crippen LogP contribution in [-0.4, -0.2) is 34.1 Å². The first-order chi connectivity index (χ1) is 10.2. The predicted molar refractivity (Wildman–Crippen MR) is 81.8 cm³/mol. The number of hydrogen-bond acceptors (Lipinski definition) is 4. The third-order valence-corrected chi connectivity index (χ3v) is 3.85. The van der Waals surface area contributed by atoms with Crippen molar-refractivity contribution in [3.05, 3.63) is 59.7 Å². The molecule has 1 aromatic carbocycles. The second kappa shape index (κ2) is 6.33. The van der Waals surface area contributed by atoms with E-state index in [-0.39, 0.29) is 12.1 Å². The van der Waals surface area contributed by atoms with Crippen molar-refractivity contribution in [1.82, 2.24) is 14.9 Å². The van der Waals surface area contributed by atoms with Gasteiger partial charge in [0.1, 0.15) is 0 Å². The molecule has 0 bridgehead atoms. The lowest BCUT2D eigenvalue weighted by molar-refractivity contribution is -0.0602. The highest BCUT2D eigenvalue weighted by Gasteiger charge is 2.28. The monoisotopic (exact) mass is 283 g/mol. The summed E-state index contributed by atoms with van der Waals surface area (Å²) in [5, 5.41) is 0. The lowest BCUT2D eigenvalue weighted by Crippen LogP contribution is -2.43.